The third-order valence-electron chi connectivity index (χ3n) is 2.63. The van der Waals surface area contributed by atoms with E-state index in [2.05, 4.69) is 9.84 Å². The Bertz CT molecular complexity index is 713. The Kier molecular flexibility index (Phi) is 3.88. The molecule has 2 rings (SSSR count). The number of carbonyl (C=O) groups excluding carboxylic acids is 1. The normalized spacial score (nSPS) is 10.3. The highest BCUT2D eigenvalue weighted by molar-refractivity contribution is 5.88. The fraction of sp³-hybridized carbons (Fsp3) is 0.154. The van der Waals surface area contributed by atoms with Gasteiger partial charge < -0.3 is 4.74 Å². The van der Waals surface area contributed by atoms with E-state index in [-0.39, 0.29) is 12.1 Å². The molecule has 1 heterocycles. The van der Waals surface area contributed by atoms with E-state index < -0.39 is 23.2 Å². The summed E-state index contributed by atoms with van der Waals surface area (Å²) >= 11 is 0. The summed E-state index contributed by atoms with van der Waals surface area (Å²) < 4.78 is 31.3. The third-order valence-corrected chi connectivity index (χ3v) is 2.63. The molecule has 0 fully saturated rings. The Balaban J connectivity index is 2.37. The summed E-state index contributed by atoms with van der Waals surface area (Å²) in [6, 6.07) is 4.49. The van der Waals surface area contributed by atoms with Gasteiger partial charge in [0.25, 0.3) is 5.56 Å². The van der Waals surface area contributed by atoms with Gasteiger partial charge in [-0.05, 0) is 23.8 Å². The van der Waals surface area contributed by atoms with Gasteiger partial charge in [-0.25, -0.2) is 18.3 Å². The molecule has 0 saturated carbocycles. The van der Waals surface area contributed by atoms with Crippen molar-refractivity contribution in [2.45, 2.75) is 6.54 Å². The largest absolute Gasteiger partial charge is 0.465 e. The Morgan fingerprint density at radius 3 is 2.70 bits per heavy atom. The maximum absolute atomic E-state index is 13.1. The molecule has 1 aromatic carbocycles. The SMILES string of the molecule is COC(=O)c1ccnn(Cc2ccc(F)c(F)c2)c1=O. The van der Waals surface area contributed by atoms with Gasteiger partial charge in [-0.15, -0.1) is 0 Å². The van der Waals surface area contributed by atoms with Crippen LogP contribution in [0.2, 0.25) is 0 Å². The average molecular weight is 280 g/mol. The summed E-state index contributed by atoms with van der Waals surface area (Å²) in [6.07, 6.45) is 1.26. The van der Waals surface area contributed by atoms with Gasteiger partial charge in [-0.3, -0.25) is 4.79 Å². The number of hydrogen-bond donors (Lipinski definition) is 0. The van der Waals surface area contributed by atoms with Crippen LogP contribution < -0.4 is 5.56 Å². The average Bonchev–Trinajstić information content (AvgIpc) is 2.44. The second-order valence-electron chi connectivity index (χ2n) is 3.95. The van der Waals surface area contributed by atoms with Crippen molar-refractivity contribution in [2.75, 3.05) is 7.11 Å². The first-order valence-corrected chi connectivity index (χ1v) is 5.61. The van der Waals surface area contributed by atoms with Gasteiger partial charge in [-0.2, -0.15) is 5.10 Å². The van der Waals surface area contributed by atoms with E-state index in [1.54, 1.807) is 0 Å². The molecule has 0 aliphatic carbocycles. The van der Waals surface area contributed by atoms with Crippen LogP contribution in [0.15, 0.2) is 35.3 Å². The molecule has 5 nitrogen and oxygen atoms in total. The number of benzene rings is 1. The minimum Gasteiger partial charge on any atom is -0.465 e. The van der Waals surface area contributed by atoms with Crippen LogP contribution in [0.3, 0.4) is 0 Å². The molecule has 0 spiro atoms. The maximum atomic E-state index is 13.1. The molecular weight excluding hydrogens is 270 g/mol. The van der Waals surface area contributed by atoms with E-state index in [0.29, 0.717) is 5.56 Å². The number of ether oxygens (including phenoxy) is 1. The molecule has 0 N–H and O–H groups in total. The number of esters is 1. The fourth-order valence-corrected chi connectivity index (χ4v) is 1.64. The van der Waals surface area contributed by atoms with Crippen LogP contribution in [-0.4, -0.2) is 22.9 Å². The Morgan fingerprint density at radius 1 is 1.30 bits per heavy atom. The highest BCUT2D eigenvalue weighted by atomic mass is 19.2. The van der Waals surface area contributed by atoms with Gasteiger partial charge >= 0.3 is 5.97 Å². The van der Waals surface area contributed by atoms with Crippen molar-refractivity contribution in [3.63, 3.8) is 0 Å². The summed E-state index contributed by atoms with van der Waals surface area (Å²) in [4.78, 5) is 23.3. The highest BCUT2D eigenvalue weighted by Gasteiger charge is 2.13. The maximum Gasteiger partial charge on any atom is 0.343 e. The summed E-state index contributed by atoms with van der Waals surface area (Å²) in [5.74, 6) is -2.77. The number of carbonyl (C=O) groups is 1. The van der Waals surface area contributed by atoms with Crippen molar-refractivity contribution in [1.29, 1.82) is 0 Å². The Morgan fingerprint density at radius 2 is 2.05 bits per heavy atom. The van der Waals surface area contributed by atoms with E-state index in [0.717, 1.165) is 23.9 Å². The summed E-state index contributed by atoms with van der Waals surface area (Å²) in [5, 5.41) is 3.78. The number of rotatable bonds is 3. The molecule has 7 heteroatoms. The molecule has 104 valence electrons. The summed E-state index contributed by atoms with van der Waals surface area (Å²) in [6.45, 7) is -0.0825. The van der Waals surface area contributed by atoms with Crippen molar-refractivity contribution in [3.05, 3.63) is 63.6 Å². The predicted octanol–water partition coefficient (Wildman–Crippen LogP) is 1.36. The summed E-state index contributed by atoms with van der Waals surface area (Å²) in [5.41, 5.74) is -0.491. The van der Waals surface area contributed by atoms with Crippen LogP contribution in [0.1, 0.15) is 15.9 Å². The number of hydrogen-bond acceptors (Lipinski definition) is 4. The molecule has 20 heavy (non-hydrogen) atoms. The smallest absolute Gasteiger partial charge is 0.343 e. The second kappa shape index (κ2) is 5.60. The van der Waals surface area contributed by atoms with Gasteiger partial charge in [0, 0.05) is 6.20 Å². The number of halogens is 2. The van der Waals surface area contributed by atoms with E-state index in [1.165, 1.54) is 18.3 Å². The lowest BCUT2D eigenvalue weighted by Gasteiger charge is -2.06. The molecule has 0 bridgehead atoms. The zero-order valence-corrected chi connectivity index (χ0v) is 10.5. The molecule has 0 atom stereocenters. The van der Waals surface area contributed by atoms with E-state index in [1.807, 2.05) is 0 Å². The molecular formula is C13H10F2N2O3. The van der Waals surface area contributed by atoms with E-state index in [9.17, 15) is 18.4 Å². The highest BCUT2D eigenvalue weighted by Crippen LogP contribution is 2.09. The van der Waals surface area contributed by atoms with Crippen molar-refractivity contribution >= 4 is 5.97 Å². The second-order valence-corrected chi connectivity index (χ2v) is 3.95. The Hall–Kier alpha value is -2.57. The molecule has 0 saturated heterocycles. The molecule has 0 amide bonds. The molecule has 2 aromatic rings. The quantitative estimate of drug-likeness (QED) is 0.796. The zero-order valence-electron chi connectivity index (χ0n) is 10.5. The standard InChI is InChI=1S/C13H10F2N2O3/c1-20-13(19)9-4-5-16-17(12(9)18)7-8-2-3-10(14)11(15)6-8/h2-6H,7H2,1H3. The zero-order chi connectivity index (χ0) is 14.7. The molecule has 0 aliphatic rings. The van der Waals surface area contributed by atoms with Crippen LogP contribution >= 0.6 is 0 Å². The molecule has 0 radical (unpaired) electrons. The van der Waals surface area contributed by atoms with Crippen LogP contribution in [0.4, 0.5) is 8.78 Å². The number of nitrogens with zero attached hydrogens (tertiary/aromatic N) is 2. The van der Waals surface area contributed by atoms with Crippen LogP contribution in [0.5, 0.6) is 0 Å². The lowest BCUT2D eigenvalue weighted by molar-refractivity contribution is 0.0597. The molecule has 1 aromatic heterocycles. The Labute approximate surface area is 112 Å². The van der Waals surface area contributed by atoms with Crippen molar-refractivity contribution < 1.29 is 18.3 Å². The van der Waals surface area contributed by atoms with E-state index in [4.69, 9.17) is 0 Å². The number of methoxy groups -OCH3 is 1. The van der Waals surface area contributed by atoms with Crippen LogP contribution in [0, 0.1) is 11.6 Å². The minimum atomic E-state index is -1.01. The minimum absolute atomic E-state index is 0.0825. The first kappa shape index (κ1) is 13.9. The van der Waals surface area contributed by atoms with Gasteiger partial charge in [0.05, 0.1) is 13.7 Å². The van der Waals surface area contributed by atoms with Crippen LogP contribution in [-0.2, 0) is 11.3 Å². The van der Waals surface area contributed by atoms with Gasteiger partial charge in [0.1, 0.15) is 5.56 Å². The lowest BCUT2D eigenvalue weighted by Crippen LogP contribution is -2.29. The van der Waals surface area contributed by atoms with Gasteiger partial charge in [-0.1, -0.05) is 6.07 Å². The topological polar surface area (TPSA) is 61.2 Å². The van der Waals surface area contributed by atoms with Gasteiger partial charge in [0.15, 0.2) is 11.6 Å². The van der Waals surface area contributed by atoms with Crippen LogP contribution in [0.25, 0.3) is 0 Å². The number of aromatic nitrogens is 2. The summed E-state index contributed by atoms with van der Waals surface area (Å²) in [7, 11) is 1.15. The lowest BCUT2D eigenvalue weighted by atomic mass is 10.2. The van der Waals surface area contributed by atoms with Crippen molar-refractivity contribution in [3.8, 4) is 0 Å². The molecule has 0 aliphatic heterocycles. The third kappa shape index (κ3) is 2.71. The van der Waals surface area contributed by atoms with Crippen molar-refractivity contribution in [1.82, 2.24) is 9.78 Å². The van der Waals surface area contributed by atoms with E-state index >= 15 is 0 Å². The van der Waals surface area contributed by atoms with Gasteiger partial charge in [0.2, 0.25) is 0 Å². The monoisotopic (exact) mass is 280 g/mol. The predicted molar refractivity (Wildman–Crippen MR) is 65.3 cm³/mol. The van der Waals surface area contributed by atoms with Crippen molar-refractivity contribution in [2.24, 2.45) is 0 Å². The molecule has 0 unspecified atom stereocenters. The first-order valence-electron chi connectivity index (χ1n) is 5.61. The first-order chi connectivity index (χ1) is 9.52. The fourth-order valence-electron chi connectivity index (χ4n) is 1.64.